The lowest BCUT2D eigenvalue weighted by Crippen LogP contribution is -2.25. The van der Waals surface area contributed by atoms with Gasteiger partial charge in [0.2, 0.25) is 0 Å². The lowest BCUT2D eigenvalue weighted by molar-refractivity contribution is -0.0523. The number of benzene rings is 1. The largest absolute Gasteiger partial charge is 0.534 e. The Morgan fingerprint density at radius 3 is 2.47 bits per heavy atom. The van der Waals surface area contributed by atoms with Crippen LogP contribution in [-0.2, 0) is 19.7 Å². The SMILES string of the molecule is COc1ccc([C@@]2(C#N)C[C@@H]3CC(OS(=O)(=O)C(F)(F)F)=C[C@@H]3C2)cc1OC1CCCC1. The fourth-order valence-electron chi connectivity index (χ4n) is 5.13. The zero-order chi connectivity index (χ0) is 23.1. The van der Waals surface area contributed by atoms with Crippen LogP contribution in [0.5, 0.6) is 11.5 Å². The zero-order valence-corrected chi connectivity index (χ0v) is 18.3. The van der Waals surface area contributed by atoms with Crippen molar-refractivity contribution >= 4 is 10.1 Å². The molecule has 174 valence electrons. The van der Waals surface area contributed by atoms with E-state index in [4.69, 9.17) is 9.47 Å². The van der Waals surface area contributed by atoms with Crippen molar-refractivity contribution in [2.45, 2.75) is 62.0 Å². The molecule has 0 unspecified atom stereocenters. The number of hydrogen-bond donors (Lipinski definition) is 0. The van der Waals surface area contributed by atoms with Gasteiger partial charge >= 0.3 is 15.6 Å². The third-order valence-electron chi connectivity index (χ3n) is 6.69. The first kappa shape index (κ1) is 22.8. The monoisotopic (exact) mass is 471 g/mol. The van der Waals surface area contributed by atoms with Crippen LogP contribution in [-0.4, -0.2) is 27.1 Å². The predicted molar refractivity (Wildman–Crippen MR) is 108 cm³/mol. The Morgan fingerprint density at radius 1 is 1.16 bits per heavy atom. The van der Waals surface area contributed by atoms with Crippen LogP contribution in [0.15, 0.2) is 30.0 Å². The minimum atomic E-state index is -5.69. The van der Waals surface area contributed by atoms with E-state index in [0.717, 1.165) is 31.2 Å². The van der Waals surface area contributed by atoms with Gasteiger partial charge < -0.3 is 13.7 Å². The molecule has 6 nitrogen and oxygen atoms in total. The number of methoxy groups -OCH3 is 1. The Hall–Kier alpha value is -2.41. The van der Waals surface area contributed by atoms with Gasteiger partial charge in [0.1, 0.15) is 5.76 Å². The van der Waals surface area contributed by atoms with E-state index in [0.29, 0.717) is 24.3 Å². The molecule has 2 fully saturated rings. The number of allylic oxidation sites excluding steroid dienone is 2. The highest BCUT2D eigenvalue weighted by Crippen LogP contribution is 2.54. The molecule has 4 rings (SSSR count). The smallest absolute Gasteiger partial charge is 0.493 e. The maximum Gasteiger partial charge on any atom is 0.534 e. The molecule has 0 spiro atoms. The van der Waals surface area contributed by atoms with E-state index in [1.165, 1.54) is 6.08 Å². The van der Waals surface area contributed by atoms with Gasteiger partial charge in [0.15, 0.2) is 11.5 Å². The molecule has 3 aliphatic carbocycles. The van der Waals surface area contributed by atoms with Crippen molar-refractivity contribution in [2.75, 3.05) is 7.11 Å². The molecule has 32 heavy (non-hydrogen) atoms. The molecule has 3 aliphatic rings. The molecule has 0 N–H and O–H groups in total. The molecule has 0 radical (unpaired) electrons. The van der Waals surface area contributed by atoms with Crippen molar-refractivity contribution < 1.29 is 35.2 Å². The number of nitriles is 1. The van der Waals surface area contributed by atoms with Crippen LogP contribution in [0.2, 0.25) is 0 Å². The molecule has 0 saturated heterocycles. The van der Waals surface area contributed by atoms with Crippen LogP contribution >= 0.6 is 0 Å². The van der Waals surface area contributed by atoms with Crippen LogP contribution in [0.25, 0.3) is 0 Å². The second-order valence-electron chi connectivity index (χ2n) is 8.74. The number of rotatable bonds is 6. The highest BCUT2D eigenvalue weighted by atomic mass is 32.2. The summed E-state index contributed by atoms with van der Waals surface area (Å²) in [6.45, 7) is 0. The number of alkyl halides is 3. The second-order valence-corrected chi connectivity index (χ2v) is 10.3. The van der Waals surface area contributed by atoms with Gasteiger partial charge in [-0.05, 0) is 74.1 Å². The normalized spacial score (nSPS) is 28.2. The summed E-state index contributed by atoms with van der Waals surface area (Å²) in [6.07, 6.45) is 6.49. The van der Waals surface area contributed by atoms with Crippen LogP contribution < -0.4 is 9.47 Å². The summed E-state index contributed by atoms with van der Waals surface area (Å²) in [5.74, 6) is 0.548. The average Bonchev–Trinajstić information content (AvgIpc) is 3.42. The van der Waals surface area contributed by atoms with E-state index in [2.05, 4.69) is 10.3 Å². The van der Waals surface area contributed by atoms with Crippen molar-refractivity contribution in [3.8, 4) is 17.6 Å². The molecule has 0 heterocycles. The third-order valence-corrected chi connectivity index (χ3v) is 7.69. The maximum absolute atomic E-state index is 12.6. The highest BCUT2D eigenvalue weighted by molar-refractivity contribution is 7.87. The fourth-order valence-corrected chi connectivity index (χ4v) is 5.63. The highest BCUT2D eigenvalue weighted by Gasteiger charge is 2.52. The molecule has 2 saturated carbocycles. The van der Waals surface area contributed by atoms with E-state index in [9.17, 15) is 26.9 Å². The van der Waals surface area contributed by atoms with E-state index >= 15 is 0 Å². The summed E-state index contributed by atoms with van der Waals surface area (Å²) in [5.41, 5.74) is -5.55. The topological polar surface area (TPSA) is 85.6 Å². The summed E-state index contributed by atoms with van der Waals surface area (Å²) in [4.78, 5) is 0. The van der Waals surface area contributed by atoms with Gasteiger partial charge in [-0.25, -0.2) is 0 Å². The molecule has 0 aliphatic heterocycles. The number of ether oxygens (including phenoxy) is 2. The van der Waals surface area contributed by atoms with Crippen molar-refractivity contribution in [1.29, 1.82) is 5.26 Å². The quantitative estimate of drug-likeness (QED) is 0.431. The van der Waals surface area contributed by atoms with Crippen molar-refractivity contribution in [3.05, 3.63) is 35.6 Å². The van der Waals surface area contributed by atoms with Crippen LogP contribution in [0.4, 0.5) is 13.2 Å². The van der Waals surface area contributed by atoms with Gasteiger partial charge in [-0.15, -0.1) is 0 Å². The van der Waals surface area contributed by atoms with Crippen molar-refractivity contribution in [3.63, 3.8) is 0 Å². The Kier molecular flexibility index (Phi) is 5.82. The molecule has 0 bridgehead atoms. The van der Waals surface area contributed by atoms with E-state index in [1.54, 1.807) is 13.2 Å². The molecule has 1 aromatic rings. The summed E-state index contributed by atoms with van der Waals surface area (Å²) >= 11 is 0. The van der Waals surface area contributed by atoms with Crippen LogP contribution in [0, 0.1) is 23.2 Å². The number of fused-ring (bicyclic) bond motifs is 1. The minimum Gasteiger partial charge on any atom is -0.493 e. The first-order valence-corrected chi connectivity index (χ1v) is 12.0. The molecule has 0 amide bonds. The minimum absolute atomic E-state index is 0.0466. The Bertz CT molecular complexity index is 1060. The molecular formula is C22H24F3NO5S. The van der Waals surface area contributed by atoms with Crippen LogP contribution in [0.1, 0.15) is 50.5 Å². The Morgan fingerprint density at radius 2 is 1.88 bits per heavy atom. The number of halogens is 3. The Balaban J connectivity index is 1.55. The van der Waals surface area contributed by atoms with E-state index in [1.807, 2.05) is 12.1 Å². The lowest BCUT2D eigenvalue weighted by atomic mass is 9.78. The molecule has 1 aromatic carbocycles. The van der Waals surface area contributed by atoms with Crippen molar-refractivity contribution in [2.24, 2.45) is 11.8 Å². The molecule has 10 heteroatoms. The van der Waals surface area contributed by atoms with Gasteiger partial charge in [-0.3, -0.25) is 0 Å². The van der Waals surface area contributed by atoms with E-state index < -0.39 is 21.0 Å². The number of hydrogen-bond acceptors (Lipinski definition) is 6. The number of nitrogens with zero attached hydrogens (tertiary/aromatic N) is 1. The third kappa shape index (κ3) is 4.15. The maximum atomic E-state index is 12.6. The molecule has 0 aromatic heterocycles. The molecule has 3 atom stereocenters. The summed E-state index contributed by atoms with van der Waals surface area (Å²) in [5, 5.41) is 10.1. The lowest BCUT2D eigenvalue weighted by Gasteiger charge is -2.24. The van der Waals surface area contributed by atoms with Crippen molar-refractivity contribution in [1.82, 2.24) is 0 Å². The first-order chi connectivity index (χ1) is 15.1. The van der Waals surface area contributed by atoms with Gasteiger partial charge in [-0.1, -0.05) is 6.07 Å². The summed E-state index contributed by atoms with van der Waals surface area (Å²) in [6, 6.07) is 7.82. The predicted octanol–water partition coefficient (Wildman–Crippen LogP) is 4.96. The van der Waals surface area contributed by atoms with E-state index in [-0.39, 0.29) is 30.1 Å². The summed E-state index contributed by atoms with van der Waals surface area (Å²) < 4.78 is 76.3. The fraction of sp³-hybridized carbons (Fsp3) is 0.591. The second kappa shape index (κ2) is 8.18. The summed E-state index contributed by atoms with van der Waals surface area (Å²) in [7, 11) is -4.13. The standard InChI is InChI=1S/C22H24F3NO5S/c1-29-19-7-6-16(10-20(19)30-17-4-2-3-5-17)21(13-26)11-14-8-18(9-15(14)12-21)31-32(27,28)22(23,24)25/h6-8,10,14-15,17H,2-5,9,11-12H2,1H3/t14-,15+,21-/m1/s1. The van der Waals surface area contributed by atoms with Gasteiger partial charge in [0, 0.05) is 6.42 Å². The zero-order valence-electron chi connectivity index (χ0n) is 17.5. The Labute approximate surface area is 185 Å². The van der Waals surface area contributed by atoms with Gasteiger partial charge in [-0.2, -0.15) is 26.9 Å². The van der Waals surface area contributed by atoms with Crippen LogP contribution in [0.3, 0.4) is 0 Å². The molecular weight excluding hydrogens is 447 g/mol. The van der Waals surface area contributed by atoms with Gasteiger partial charge in [0.25, 0.3) is 0 Å². The average molecular weight is 471 g/mol. The van der Waals surface area contributed by atoms with Gasteiger partial charge in [0.05, 0.1) is 24.7 Å². The first-order valence-electron chi connectivity index (χ1n) is 10.5.